The number of hydrogen-bond donors (Lipinski definition) is 3. The van der Waals surface area contributed by atoms with E-state index in [1.54, 1.807) is 43.6 Å². The van der Waals surface area contributed by atoms with Crippen molar-refractivity contribution in [2.24, 2.45) is 5.92 Å². The van der Waals surface area contributed by atoms with Crippen LogP contribution in [-0.4, -0.2) is 112 Å². The summed E-state index contributed by atoms with van der Waals surface area (Å²) in [5.41, 5.74) is 31.7. The van der Waals surface area contributed by atoms with Crippen LogP contribution >= 0.6 is 23.2 Å². The van der Waals surface area contributed by atoms with E-state index >= 15 is 0 Å². The minimum atomic E-state index is -1.06. The number of hydrogen-bond acceptors (Lipinski definition) is 20. The van der Waals surface area contributed by atoms with Crippen molar-refractivity contribution in [2.75, 3.05) is 0 Å². The van der Waals surface area contributed by atoms with Crippen molar-refractivity contribution in [2.45, 2.75) is 164 Å². The molecule has 0 amide bonds. The van der Waals surface area contributed by atoms with Crippen LogP contribution in [0.1, 0.15) is 197 Å². The summed E-state index contributed by atoms with van der Waals surface area (Å²) >= 11 is 12.9. The van der Waals surface area contributed by atoms with E-state index in [0.717, 1.165) is 239 Å². The summed E-state index contributed by atoms with van der Waals surface area (Å²) in [5.74, 6) is 1.89. The normalized spacial score (nSPS) is 13.5. The number of rotatable bonds is 26. The lowest BCUT2D eigenvalue weighted by molar-refractivity contribution is -0.119. The number of halogens is 2. The third-order valence-electron chi connectivity index (χ3n) is 27.4. The number of aromatic carboxylic acids is 2. The Balaban J connectivity index is 0.000000121. The van der Waals surface area contributed by atoms with Crippen LogP contribution in [-0.2, 0) is 16.6 Å². The smallest absolute Gasteiger partial charge is 0.337 e. The Hall–Kier alpha value is -16.2. The zero-order valence-electron chi connectivity index (χ0n) is 81.1. The van der Waals surface area contributed by atoms with E-state index in [9.17, 15) is 29.7 Å². The van der Waals surface area contributed by atoms with Gasteiger partial charge in [0.25, 0.3) is 0 Å². The van der Waals surface area contributed by atoms with Gasteiger partial charge in [0, 0.05) is 158 Å². The molecule has 22 rings (SSSR count). The fourth-order valence-corrected chi connectivity index (χ4v) is 20.7. The SMILES string of the molecule is C=C(O)Cc1cccc(-c2cn([C@@H](CC)c3ccccn3)c3cc(-c4c(C)noc4C)cnc23)c1.CC(=O)C1(c2ccc(-c3cn([C@H](c4ccccn4)C4CC4)c4cc(-c5c(C)noc5C)cnc34)cc2)CC1.CC[C@@H](c1ccccn1)n1cc(-c2ccc(C(=O)O)c(Cl)c2)c2ncc(-c3c(C)noc3C)cc21.CC[C@@H](c1ccccn1)n1cc(-c2ccc(C(=O)O)cc2Cl)c2ncc(-c3c(C)noc3C)cc21. The maximum atomic E-state index is 12.3. The Morgan fingerprint density at radius 1 is 0.399 bits per heavy atom. The maximum absolute atomic E-state index is 12.3. The number of carbonyl (C=O) groups is 3. The second kappa shape index (κ2) is 40.2. The Morgan fingerprint density at radius 3 is 1.13 bits per heavy atom. The van der Waals surface area contributed by atoms with Gasteiger partial charge >= 0.3 is 11.9 Å². The van der Waals surface area contributed by atoms with Crippen molar-refractivity contribution < 1.29 is 47.8 Å². The van der Waals surface area contributed by atoms with Crippen molar-refractivity contribution in [3.05, 3.63) is 370 Å². The van der Waals surface area contributed by atoms with Gasteiger partial charge in [-0.1, -0.05) is 156 Å². The van der Waals surface area contributed by atoms with Crippen LogP contribution in [0.2, 0.25) is 10.0 Å². The summed E-state index contributed by atoms with van der Waals surface area (Å²) in [4.78, 5) is 73.4. The zero-order valence-corrected chi connectivity index (χ0v) is 82.6. The molecule has 16 heterocycles. The van der Waals surface area contributed by atoms with E-state index in [2.05, 4.69) is 172 Å². The van der Waals surface area contributed by atoms with Gasteiger partial charge in [0.1, 0.15) is 28.8 Å². The number of allylic oxidation sites excluding steroid dienone is 1. The lowest BCUT2D eigenvalue weighted by atomic mass is 9.91. The standard InChI is InChI=1S/C32H30N4O2.C29H28N4O2.2C27H23ClN4O3/c1-19-29(20(2)38-35-19)24-16-28-30(34-17-24)26(22-9-11-25(12-10-22)32(13-14-32)21(3)37)18-36(28)31(23-7-8-23)27-6-4-5-15-33-27;1-5-26(25-11-6-7-12-30-25)33-17-24(22-10-8-9-21(14-22)13-18(2)34)29-27(33)15-23(16-31-29)28-19(3)32-35-20(28)4;1-4-23(22-7-5-6-10-29-22)32-14-20(19-9-8-17(27(33)34)11-21(19)28)26-24(32)12-18(13-30-26)25-15(2)31-35-16(25)3;1-4-23(22-7-5-6-10-29-22)32-14-20(17-8-9-19(27(33)34)21(28)11-17)26-24(32)12-18(13-30-26)25-15(2)31-35-16(25)3/h4-6,9-12,15-18,23,31H,7-8,13-14H2,1-3H3;6-12,14-17,26,34H,2,5,13H2,1,3-4H3;2*5-14,23H,4H2,1-3H3,(H,33,34)/t31-;26-;2*23-/m0000/s1. The summed E-state index contributed by atoms with van der Waals surface area (Å²) in [5, 5.41) is 45.5. The van der Waals surface area contributed by atoms with Gasteiger partial charge in [0.05, 0.1) is 141 Å². The molecule has 0 bridgehead atoms. The third-order valence-corrected chi connectivity index (χ3v) is 28.0. The topological polar surface area (TPSA) is 339 Å². The molecule has 0 spiro atoms. The van der Waals surface area contributed by atoms with Crippen LogP contribution in [0.5, 0.6) is 0 Å². The molecule has 26 nitrogen and oxygen atoms in total. The molecule has 2 aliphatic carbocycles. The average Bonchev–Trinajstić information content (AvgIpc) is 1.80. The van der Waals surface area contributed by atoms with E-state index in [1.807, 2.05) is 172 Å². The molecule has 3 N–H and O–H groups in total. The van der Waals surface area contributed by atoms with E-state index < -0.39 is 11.9 Å². The van der Waals surface area contributed by atoms with Gasteiger partial charge in [-0.25, -0.2) is 9.59 Å². The van der Waals surface area contributed by atoms with Crippen LogP contribution in [0.3, 0.4) is 0 Å². The molecule has 16 aromatic heterocycles. The molecule has 0 aliphatic heterocycles. The molecule has 2 saturated carbocycles. The highest BCUT2D eigenvalue weighted by Gasteiger charge is 2.49. The molecule has 0 saturated heterocycles. The second-order valence-corrected chi connectivity index (χ2v) is 37.5. The number of aromatic nitrogens is 16. The van der Waals surface area contributed by atoms with Crippen LogP contribution in [0, 0.1) is 61.3 Å². The fourth-order valence-electron chi connectivity index (χ4n) is 20.2. The van der Waals surface area contributed by atoms with Gasteiger partial charge < -0.3 is 51.7 Å². The number of ketones is 1. The number of aryl methyl sites for hydroxylation is 8. The van der Waals surface area contributed by atoms with Gasteiger partial charge in [0.2, 0.25) is 0 Å². The lowest BCUT2D eigenvalue weighted by Crippen LogP contribution is -2.16. The Morgan fingerprint density at radius 2 is 0.783 bits per heavy atom. The van der Waals surface area contributed by atoms with Gasteiger partial charge in [-0.15, -0.1) is 0 Å². The Labute approximate surface area is 834 Å². The van der Waals surface area contributed by atoms with Crippen LogP contribution in [0.4, 0.5) is 0 Å². The predicted molar refractivity (Wildman–Crippen MR) is 555 cm³/mol. The van der Waals surface area contributed by atoms with Crippen LogP contribution in [0.15, 0.2) is 287 Å². The summed E-state index contributed by atoms with van der Waals surface area (Å²) in [6, 6.07) is 59.1. The first-order valence-electron chi connectivity index (χ1n) is 47.7. The van der Waals surface area contributed by atoms with Crippen molar-refractivity contribution >= 4 is 85.1 Å². The number of pyridine rings is 8. The van der Waals surface area contributed by atoms with E-state index in [1.165, 1.54) is 25.0 Å². The van der Waals surface area contributed by atoms with E-state index in [-0.39, 0.29) is 57.3 Å². The first kappa shape index (κ1) is 95.7. The molecular formula is C115H104Cl2N16O10. The average molecular weight is 1940 g/mol. The molecule has 718 valence electrons. The molecule has 0 unspecified atom stereocenters. The van der Waals surface area contributed by atoms with Gasteiger partial charge in [-0.05, 0) is 238 Å². The number of carbonyl (C=O) groups excluding carboxylic acids is 1. The van der Waals surface area contributed by atoms with Crippen molar-refractivity contribution in [1.82, 2.24) is 78.8 Å². The Bertz CT molecular complexity index is 8130. The predicted octanol–water partition coefficient (Wildman–Crippen LogP) is 27.4. The molecule has 2 fully saturated rings. The van der Waals surface area contributed by atoms with Crippen molar-refractivity contribution in [3.63, 3.8) is 0 Å². The fraction of sp³-hybridized carbons (Fsp3) is 0.226. The highest BCUT2D eigenvalue weighted by atomic mass is 35.5. The minimum absolute atomic E-state index is 0.0251. The monoisotopic (exact) mass is 1940 g/mol. The minimum Gasteiger partial charge on any atom is -0.513 e. The highest BCUT2D eigenvalue weighted by molar-refractivity contribution is 6.34. The van der Waals surface area contributed by atoms with Crippen molar-refractivity contribution in [3.8, 4) is 89.0 Å². The number of benzene rings is 4. The van der Waals surface area contributed by atoms with Gasteiger partial charge in [0.15, 0.2) is 0 Å². The Kier molecular flexibility index (Phi) is 26.9. The van der Waals surface area contributed by atoms with Gasteiger partial charge in [-0.2, -0.15) is 0 Å². The van der Waals surface area contributed by atoms with Crippen LogP contribution in [0.25, 0.3) is 133 Å². The molecule has 4 aromatic carbocycles. The number of nitrogens with zero attached hydrogens (tertiary/aromatic N) is 16. The largest absolute Gasteiger partial charge is 0.513 e. The number of aliphatic hydroxyl groups excluding tert-OH is 1. The molecule has 20 aromatic rings. The summed E-state index contributed by atoms with van der Waals surface area (Å²) in [6.45, 7) is 27.1. The highest BCUT2D eigenvalue weighted by Crippen LogP contribution is 2.52. The first-order valence-corrected chi connectivity index (χ1v) is 48.5. The van der Waals surface area contributed by atoms with E-state index in [4.69, 9.17) is 66.2 Å². The van der Waals surface area contributed by atoms with Gasteiger partial charge in [-0.3, -0.25) is 44.7 Å². The summed E-state index contributed by atoms with van der Waals surface area (Å²) in [6.07, 6.45) is 30.4. The third kappa shape index (κ3) is 18.9. The maximum Gasteiger partial charge on any atom is 0.337 e. The number of aliphatic hydroxyl groups is 1. The quantitative estimate of drug-likeness (QED) is 0.0424. The molecule has 143 heavy (non-hydrogen) atoms. The second-order valence-electron chi connectivity index (χ2n) is 36.7. The first-order chi connectivity index (χ1) is 69.2. The summed E-state index contributed by atoms with van der Waals surface area (Å²) < 4.78 is 30.7. The zero-order chi connectivity index (χ0) is 99.9. The molecule has 4 atom stereocenters. The molecule has 0 radical (unpaired) electrons. The molecule has 28 heteroatoms. The van der Waals surface area contributed by atoms with Crippen LogP contribution < -0.4 is 0 Å². The molecular weight excluding hydrogens is 1840 g/mol. The summed E-state index contributed by atoms with van der Waals surface area (Å²) in [7, 11) is 0. The number of carboxylic acid groups (broad SMARTS) is 2. The van der Waals surface area contributed by atoms with E-state index in [0.29, 0.717) is 22.9 Å². The number of fused-ring (bicyclic) bond motifs is 4. The number of carboxylic acids is 2. The van der Waals surface area contributed by atoms with Crippen molar-refractivity contribution in [1.29, 1.82) is 0 Å². The molecule has 2 aliphatic rings. The number of Topliss-reactive ketones (excluding diaryl/α,β-unsaturated/α-hetero) is 1. The lowest BCUT2D eigenvalue weighted by Gasteiger charge is -2.19.